The summed E-state index contributed by atoms with van der Waals surface area (Å²) in [5, 5.41) is 0.936. The topological polar surface area (TPSA) is 64.1 Å². The number of amides is 1. The summed E-state index contributed by atoms with van der Waals surface area (Å²) in [6.45, 7) is 5.62. The molecule has 1 saturated heterocycles. The molecule has 1 aliphatic rings. The zero-order chi connectivity index (χ0) is 23.2. The van der Waals surface area contributed by atoms with Crippen LogP contribution in [0.1, 0.15) is 36.5 Å². The Morgan fingerprint density at radius 2 is 1.88 bits per heavy atom. The van der Waals surface area contributed by atoms with E-state index in [4.69, 9.17) is 19.2 Å². The molecule has 33 heavy (non-hydrogen) atoms. The van der Waals surface area contributed by atoms with Crippen LogP contribution in [0.25, 0.3) is 10.2 Å². The number of rotatable bonds is 9. The van der Waals surface area contributed by atoms with Crippen molar-refractivity contribution in [2.75, 3.05) is 51.9 Å². The standard InChI is InChI=1S/C25H31N3O4S/c1-4-5-6-16-32-19-9-7-8-18(17-19)24(29)27-12-14-28(15-13-27)25-26-22-21(33-25)11-10-20(30-2)23(22)31-3/h7-11,17H,4-6,12-16H2,1-3H3. The van der Waals surface area contributed by atoms with Gasteiger partial charge in [-0.15, -0.1) is 0 Å². The van der Waals surface area contributed by atoms with E-state index in [0.29, 0.717) is 36.8 Å². The first-order valence-corrected chi connectivity index (χ1v) is 12.2. The fraction of sp³-hybridized carbons (Fsp3) is 0.440. The first kappa shape index (κ1) is 23.2. The average Bonchev–Trinajstić information content (AvgIpc) is 3.30. The van der Waals surface area contributed by atoms with E-state index < -0.39 is 0 Å². The van der Waals surface area contributed by atoms with Crippen molar-refractivity contribution in [2.24, 2.45) is 0 Å². The summed E-state index contributed by atoms with van der Waals surface area (Å²) in [7, 11) is 3.26. The molecule has 3 aromatic rings. The number of methoxy groups -OCH3 is 2. The molecule has 1 aromatic heterocycles. The van der Waals surface area contributed by atoms with Gasteiger partial charge in [0.05, 0.1) is 25.5 Å². The third kappa shape index (κ3) is 5.16. The van der Waals surface area contributed by atoms with Crippen molar-refractivity contribution in [3.8, 4) is 17.2 Å². The van der Waals surface area contributed by atoms with Gasteiger partial charge >= 0.3 is 0 Å². The van der Waals surface area contributed by atoms with E-state index in [1.165, 1.54) is 0 Å². The molecule has 8 heteroatoms. The summed E-state index contributed by atoms with van der Waals surface area (Å²) in [6.07, 6.45) is 3.34. The molecule has 0 atom stereocenters. The predicted octanol–water partition coefficient (Wildman–Crippen LogP) is 4.84. The highest BCUT2D eigenvalue weighted by Gasteiger charge is 2.25. The van der Waals surface area contributed by atoms with E-state index in [1.807, 2.05) is 41.3 Å². The van der Waals surface area contributed by atoms with Crippen molar-refractivity contribution < 1.29 is 19.0 Å². The molecule has 1 aliphatic heterocycles. The van der Waals surface area contributed by atoms with Crippen LogP contribution in [-0.2, 0) is 0 Å². The highest BCUT2D eigenvalue weighted by Crippen LogP contribution is 2.40. The van der Waals surface area contributed by atoms with Crippen LogP contribution in [0.2, 0.25) is 0 Å². The van der Waals surface area contributed by atoms with Crippen LogP contribution in [0.3, 0.4) is 0 Å². The Bertz CT molecular complexity index is 1090. The molecule has 1 amide bonds. The maximum absolute atomic E-state index is 13.1. The number of fused-ring (bicyclic) bond motifs is 1. The molecule has 0 spiro atoms. The fourth-order valence-corrected chi connectivity index (χ4v) is 4.99. The number of unbranched alkanes of at least 4 members (excludes halogenated alkanes) is 2. The monoisotopic (exact) mass is 469 g/mol. The number of anilines is 1. The summed E-state index contributed by atoms with van der Waals surface area (Å²) >= 11 is 1.63. The van der Waals surface area contributed by atoms with Crippen LogP contribution in [-0.4, -0.2) is 62.8 Å². The maximum Gasteiger partial charge on any atom is 0.254 e. The number of hydrogen-bond acceptors (Lipinski definition) is 7. The lowest BCUT2D eigenvalue weighted by Crippen LogP contribution is -2.48. The molecule has 0 N–H and O–H groups in total. The molecular formula is C25H31N3O4S. The number of nitrogens with zero attached hydrogens (tertiary/aromatic N) is 3. The Hall–Kier alpha value is -3.00. The SMILES string of the molecule is CCCCCOc1cccc(C(=O)N2CCN(c3nc4c(OC)c(OC)ccc4s3)CC2)c1. The van der Waals surface area contributed by atoms with Gasteiger partial charge in [-0.2, -0.15) is 0 Å². The first-order valence-electron chi connectivity index (χ1n) is 11.4. The van der Waals surface area contributed by atoms with Crippen molar-refractivity contribution in [2.45, 2.75) is 26.2 Å². The van der Waals surface area contributed by atoms with E-state index in [2.05, 4.69) is 11.8 Å². The van der Waals surface area contributed by atoms with Gasteiger partial charge in [-0.05, 0) is 36.8 Å². The van der Waals surface area contributed by atoms with Crippen molar-refractivity contribution in [1.29, 1.82) is 0 Å². The Morgan fingerprint density at radius 3 is 2.61 bits per heavy atom. The van der Waals surface area contributed by atoms with Gasteiger partial charge in [0.1, 0.15) is 11.3 Å². The van der Waals surface area contributed by atoms with Gasteiger partial charge in [0.2, 0.25) is 0 Å². The van der Waals surface area contributed by atoms with E-state index >= 15 is 0 Å². The number of thiazole rings is 1. The minimum absolute atomic E-state index is 0.0457. The molecule has 0 bridgehead atoms. The highest BCUT2D eigenvalue weighted by atomic mass is 32.1. The van der Waals surface area contributed by atoms with Crippen LogP contribution in [0.15, 0.2) is 36.4 Å². The zero-order valence-electron chi connectivity index (χ0n) is 19.5. The maximum atomic E-state index is 13.1. The fourth-order valence-electron chi connectivity index (χ4n) is 3.98. The second kappa shape index (κ2) is 10.7. The predicted molar refractivity (Wildman–Crippen MR) is 132 cm³/mol. The number of aromatic nitrogens is 1. The quantitative estimate of drug-likeness (QED) is 0.418. The van der Waals surface area contributed by atoms with Crippen molar-refractivity contribution in [3.05, 3.63) is 42.0 Å². The Kier molecular flexibility index (Phi) is 7.54. The third-order valence-electron chi connectivity index (χ3n) is 5.83. The second-order valence-electron chi connectivity index (χ2n) is 8.01. The summed E-state index contributed by atoms with van der Waals surface area (Å²) < 4.78 is 17.8. The molecule has 0 aliphatic carbocycles. The Balaban J connectivity index is 1.39. The number of carbonyl (C=O) groups is 1. The van der Waals surface area contributed by atoms with Gasteiger partial charge in [-0.3, -0.25) is 4.79 Å². The highest BCUT2D eigenvalue weighted by molar-refractivity contribution is 7.22. The van der Waals surface area contributed by atoms with Crippen molar-refractivity contribution in [1.82, 2.24) is 9.88 Å². The Labute approximate surface area is 198 Å². The summed E-state index contributed by atoms with van der Waals surface area (Å²) in [4.78, 5) is 22.0. The largest absolute Gasteiger partial charge is 0.494 e. The van der Waals surface area contributed by atoms with Crippen LogP contribution in [0, 0.1) is 0 Å². The van der Waals surface area contributed by atoms with Crippen LogP contribution in [0.5, 0.6) is 17.2 Å². The summed E-state index contributed by atoms with van der Waals surface area (Å²) in [6, 6.07) is 11.4. The molecule has 4 rings (SSSR count). The lowest BCUT2D eigenvalue weighted by Gasteiger charge is -2.34. The number of piperazine rings is 1. The number of benzene rings is 2. The van der Waals surface area contributed by atoms with E-state index in [-0.39, 0.29) is 5.91 Å². The molecule has 7 nitrogen and oxygen atoms in total. The van der Waals surface area contributed by atoms with Crippen LogP contribution >= 0.6 is 11.3 Å². The lowest BCUT2D eigenvalue weighted by molar-refractivity contribution is 0.0746. The van der Waals surface area contributed by atoms with E-state index in [9.17, 15) is 4.79 Å². The molecule has 0 radical (unpaired) electrons. The normalized spacial score (nSPS) is 13.9. The molecule has 1 fully saturated rings. The molecule has 2 heterocycles. The molecule has 2 aromatic carbocycles. The minimum Gasteiger partial charge on any atom is -0.494 e. The molecule has 176 valence electrons. The average molecular weight is 470 g/mol. The first-order chi connectivity index (χ1) is 16.1. The van der Waals surface area contributed by atoms with Gasteiger partial charge in [-0.1, -0.05) is 37.2 Å². The van der Waals surface area contributed by atoms with Crippen LogP contribution < -0.4 is 19.1 Å². The number of ether oxygens (including phenoxy) is 3. The second-order valence-corrected chi connectivity index (χ2v) is 9.02. The molecular weight excluding hydrogens is 438 g/mol. The van der Waals surface area contributed by atoms with Gasteiger partial charge in [0.25, 0.3) is 5.91 Å². The third-order valence-corrected chi connectivity index (χ3v) is 6.91. The van der Waals surface area contributed by atoms with Crippen molar-refractivity contribution >= 4 is 32.6 Å². The van der Waals surface area contributed by atoms with Gasteiger partial charge in [0.15, 0.2) is 16.6 Å². The number of carbonyl (C=O) groups excluding carboxylic acids is 1. The molecule has 0 unspecified atom stereocenters. The van der Waals surface area contributed by atoms with Gasteiger partial charge in [0, 0.05) is 31.7 Å². The number of hydrogen-bond donors (Lipinski definition) is 0. The van der Waals surface area contributed by atoms with Crippen LogP contribution in [0.4, 0.5) is 5.13 Å². The zero-order valence-corrected chi connectivity index (χ0v) is 20.3. The summed E-state index contributed by atoms with van der Waals surface area (Å²) in [5.41, 5.74) is 1.49. The summed E-state index contributed by atoms with van der Waals surface area (Å²) in [5.74, 6) is 2.13. The van der Waals surface area contributed by atoms with E-state index in [1.54, 1.807) is 25.6 Å². The minimum atomic E-state index is 0.0457. The van der Waals surface area contributed by atoms with Crippen molar-refractivity contribution in [3.63, 3.8) is 0 Å². The lowest BCUT2D eigenvalue weighted by atomic mass is 10.1. The molecule has 0 saturated carbocycles. The van der Waals surface area contributed by atoms with Gasteiger partial charge in [-0.25, -0.2) is 4.98 Å². The Morgan fingerprint density at radius 1 is 1.06 bits per heavy atom. The van der Waals surface area contributed by atoms with E-state index in [0.717, 1.165) is 53.4 Å². The smallest absolute Gasteiger partial charge is 0.254 e. The van der Waals surface area contributed by atoms with Gasteiger partial charge < -0.3 is 24.0 Å².